The molecule has 1 aromatic heterocycles. The van der Waals surface area contributed by atoms with E-state index in [1.165, 1.54) is 11.1 Å². The summed E-state index contributed by atoms with van der Waals surface area (Å²) in [4.78, 5) is 0. The quantitative estimate of drug-likeness (QED) is 0.810. The number of methoxy groups -OCH3 is 1. The SMILES string of the molecule is CNCC(CCc1cnn(C)c1)Cc1cccc(OC)c1. The molecule has 0 spiro atoms. The van der Waals surface area contributed by atoms with Crippen LogP contribution in [0, 0.1) is 5.92 Å². The molecule has 1 unspecified atom stereocenters. The van der Waals surface area contributed by atoms with Gasteiger partial charge in [0.1, 0.15) is 5.75 Å². The Morgan fingerprint density at radius 1 is 1.33 bits per heavy atom. The third-order valence-corrected chi connectivity index (χ3v) is 3.75. The number of hydrogen-bond donors (Lipinski definition) is 1. The Balaban J connectivity index is 1.94. The maximum Gasteiger partial charge on any atom is 0.119 e. The predicted octanol–water partition coefficient (Wildman–Crippen LogP) is 2.44. The van der Waals surface area contributed by atoms with Gasteiger partial charge in [-0.15, -0.1) is 0 Å². The number of benzene rings is 1. The van der Waals surface area contributed by atoms with Crippen LogP contribution >= 0.6 is 0 Å². The van der Waals surface area contributed by atoms with Gasteiger partial charge in [0.05, 0.1) is 13.3 Å². The third-order valence-electron chi connectivity index (χ3n) is 3.75. The zero-order valence-corrected chi connectivity index (χ0v) is 13.2. The molecular formula is C17H25N3O. The van der Waals surface area contributed by atoms with Crippen LogP contribution in [0.3, 0.4) is 0 Å². The van der Waals surface area contributed by atoms with Crippen molar-refractivity contribution in [3.8, 4) is 5.75 Å². The van der Waals surface area contributed by atoms with Crippen LogP contribution in [0.25, 0.3) is 0 Å². The Morgan fingerprint density at radius 2 is 2.19 bits per heavy atom. The summed E-state index contributed by atoms with van der Waals surface area (Å²) in [5.74, 6) is 1.55. The molecule has 0 fully saturated rings. The second-order valence-corrected chi connectivity index (χ2v) is 5.54. The zero-order chi connectivity index (χ0) is 15.1. The van der Waals surface area contributed by atoms with Crippen LogP contribution in [0.5, 0.6) is 5.75 Å². The lowest BCUT2D eigenvalue weighted by Gasteiger charge is -2.16. The van der Waals surface area contributed by atoms with Crippen molar-refractivity contribution in [3.05, 3.63) is 47.8 Å². The fourth-order valence-corrected chi connectivity index (χ4v) is 2.67. The van der Waals surface area contributed by atoms with Crippen LogP contribution < -0.4 is 10.1 Å². The molecule has 1 aromatic carbocycles. The fraction of sp³-hybridized carbons (Fsp3) is 0.471. The molecule has 2 aromatic rings. The highest BCUT2D eigenvalue weighted by Crippen LogP contribution is 2.19. The maximum atomic E-state index is 5.30. The van der Waals surface area contributed by atoms with E-state index in [1.54, 1.807) is 7.11 Å². The molecular weight excluding hydrogens is 262 g/mol. The average molecular weight is 287 g/mol. The molecule has 21 heavy (non-hydrogen) atoms. The van der Waals surface area contributed by atoms with Crippen molar-refractivity contribution in [2.24, 2.45) is 13.0 Å². The molecule has 0 saturated heterocycles. The van der Waals surface area contributed by atoms with E-state index in [9.17, 15) is 0 Å². The summed E-state index contributed by atoms with van der Waals surface area (Å²) in [6.07, 6.45) is 7.36. The van der Waals surface area contributed by atoms with Crippen LogP contribution in [0.1, 0.15) is 17.5 Å². The normalized spacial score (nSPS) is 12.3. The zero-order valence-electron chi connectivity index (χ0n) is 13.2. The number of ether oxygens (including phenoxy) is 1. The molecule has 114 valence electrons. The van der Waals surface area contributed by atoms with Crippen molar-refractivity contribution in [2.45, 2.75) is 19.3 Å². The van der Waals surface area contributed by atoms with E-state index in [1.807, 2.05) is 31.0 Å². The summed E-state index contributed by atoms with van der Waals surface area (Å²) in [5, 5.41) is 7.54. The number of rotatable bonds is 8. The van der Waals surface area contributed by atoms with Crippen LogP contribution in [-0.4, -0.2) is 30.5 Å². The molecule has 1 N–H and O–H groups in total. The Labute approximate surface area is 127 Å². The van der Waals surface area contributed by atoms with Crippen molar-refractivity contribution in [3.63, 3.8) is 0 Å². The van der Waals surface area contributed by atoms with Gasteiger partial charge >= 0.3 is 0 Å². The first-order valence-electron chi connectivity index (χ1n) is 7.46. The highest BCUT2D eigenvalue weighted by atomic mass is 16.5. The second kappa shape index (κ2) is 7.84. The van der Waals surface area contributed by atoms with Crippen molar-refractivity contribution in [1.29, 1.82) is 0 Å². The molecule has 1 atom stereocenters. The Bertz CT molecular complexity index is 550. The molecule has 0 radical (unpaired) electrons. The summed E-state index contributed by atoms with van der Waals surface area (Å²) < 4.78 is 7.17. The minimum absolute atomic E-state index is 0.613. The van der Waals surface area contributed by atoms with Crippen molar-refractivity contribution in [1.82, 2.24) is 15.1 Å². The van der Waals surface area contributed by atoms with Gasteiger partial charge < -0.3 is 10.1 Å². The summed E-state index contributed by atoms with van der Waals surface area (Å²) >= 11 is 0. The van der Waals surface area contributed by atoms with Gasteiger partial charge in [-0.25, -0.2) is 0 Å². The lowest BCUT2D eigenvalue weighted by atomic mass is 9.93. The molecule has 0 aliphatic rings. The lowest BCUT2D eigenvalue weighted by Crippen LogP contribution is -2.21. The van der Waals surface area contributed by atoms with Gasteiger partial charge in [0, 0.05) is 13.2 Å². The molecule has 0 bridgehead atoms. The van der Waals surface area contributed by atoms with Gasteiger partial charge in [0.15, 0.2) is 0 Å². The van der Waals surface area contributed by atoms with E-state index in [-0.39, 0.29) is 0 Å². The highest BCUT2D eigenvalue weighted by Gasteiger charge is 2.10. The largest absolute Gasteiger partial charge is 0.497 e. The van der Waals surface area contributed by atoms with E-state index in [0.717, 1.165) is 31.6 Å². The number of nitrogens with zero attached hydrogens (tertiary/aromatic N) is 2. The van der Waals surface area contributed by atoms with Crippen LogP contribution in [0.2, 0.25) is 0 Å². The van der Waals surface area contributed by atoms with Crippen LogP contribution in [-0.2, 0) is 19.9 Å². The summed E-state index contributed by atoms with van der Waals surface area (Å²) in [7, 11) is 5.69. The monoisotopic (exact) mass is 287 g/mol. The number of nitrogens with one attached hydrogen (secondary N) is 1. The van der Waals surface area contributed by atoms with Crippen LogP contribution in [0.15, 0.2) is 36.7 Å². The van der Waals surface area contributed by atoms with E-state index in [4.69, 9.17) is 4.74 Å². The first-order valence-corrected chi connectivity index (χ1v) is 7.46. The minimum atomic E-state index is 0.613. The molecule has 0 saturated carbocycles. The van der Waals surface area contributed by atoms with Gasteiger partial charge in [0.2, 0.25) is 0 Å². The topological polar surface area (TPSA) is 39.1 Å². The molecule has 2 rings (SSSR count). The highest BCUT2D eigenvalue weighted by molar-refractivity contribution is 5.28. The Hall–Kier alpha value is -1.81. The third kappa shape index (κ3) is 4.90. The molecule has 1 heterocycles. The fourth-order valence-electron chi connectivity index (χ4n) is 2.67. The lowest BCUT2D eigenvalue weighted by molar-refractivity contribution is 0.412. The van der Waals surface area contributed by atoms with Gasteiger partial charge in [-0.1, -0.05) is 12.1 Å². The average Bonchev–Trinajstić information content (AvgIpc) is 2.91. The Morgan fingerprint density at radius 3 is 2.86 bits per heavy atom. The molecule has 0 aliphatic heterocycles. The van der Waals surface area contributed by atoms with E-state index < -0.39 is 0 Å². The number of hydrogen-bond acceptors (Lipinski definition) is 3. The summed E-state index contributed by atoms with van der Waals surface area (Å²) in [6.45, 7) is 1.03. The van der Waals surface area contributed by atoms with Gasteiger partial charge in [0.25, 0.3) is 0 Å². The summed E-state index contributed by atoms with van der Waals surface area (Å²) in [5.41, 5.74) is 2.64. The molecule has 0 aliphatic carbocycles. The van der Waals surface area contributed by atoms with E-state index in [0.29, 0.717) is 5.92 Å². The van der Waals surface area contributed by atoms with Crippen LogP contribution in [0.4, 0.5) is 0 Å². The Kier molecular flexibility index (Phi) is 5.81. The summed E-state index contributed by atoms with van der Waals surface area (Å²) in [6, 6.07) is 8.36. The van der Waals surface area contributed by atoms with E-state index >= 15 is 0 Å². The van der Waals surface area contributed by atoms with Crippen molar-refractivity contribution in [2.75, 3.05) is 20.7 Å². The van der Waals surface area contributed by atoms with Crippen molar-refractivity contribution < 1.29 is 4.74 Å². The van der Waals surface area contributed by atoms with Gasteiger partial charge in [-0.2, -0.15) is 5.10 Å². The van der Waals surface area contributed by atoms with Crippen molar-refractivity contribution >= 4 is 0 Å². The van der Waals surface area contributed by atoms with Gasteiger partial charge in [-0.3, -0.25) is 4.68 Å². The number of aromatic nitrogens is 2. The molecule has 0 amide bonds. The minimum Gasteiger partial charge on any atom is -0.497 e. The first-order chi connectivity index (χ1) is 10.2. The molecule has 4 nitrogen and oxygen atoms in total. The maximum absolute atomic E-state index is 5.30. The standard InChI is InChI=1S/C17H25N3O/c1-18-11-15(7-8-16-12-19-20(2)13-16)9-14-5-4-6-17(10-14)21-3/h4-6,10,12-13,15,18H,7-9,11H2,1-3H3. The second-order valence-electron chi connectivity index (χ2n) is 5.54. The smallest absolute Gasteiger partial charge is 0.119 e. The number of aryl methyl sites for hydroxylation is 2. The molecule has 4 heteroatoms. The van der Waals surface area contributed by atoms with E-state index in [2.05, 4.69) is 34.8 Å². The predicted molar refractivity (Wildman–Crippen MR) is 85.6 cm³/mol. The van der Waals surface area contributed by atoms with Gasteiger partial charge in [-0.05, 0) is 62.0 Å². The first kappa shape index (κ1) is 15.6.